The standard InChI is InChI=1S/C19H29N3OSi/c1-14-17-9-10-22(18(17)21-13-20-14)16-8-7-15(11-16)12-23-24(5,6)19(2,3)4/h7-10,13,15-16H,11-12H2,1-6H3/t15-,16-/m0/s1. The van der Waals surface area contributed by atoms with Crippen molar-refractivity contribution in [2.24, 2.45) is 5.92 Å². The third-order valence-corrected chi connectivity index (χ3v) is 10.2. The summed E-state index contributed by atoms with van der Waals surface area (Å²) in [7, 11) is -1.67. The summed E-state index contributed by atoms with van der Waals surface area (Å²) in [5, 5.41) is 1.41. The predicted molar refractivity (Wildman–Crippen MR) is 102 cm³/mol. The van der Waals surface area contributed by atoms with Gasteiger partial charge in [-0.15, -0.1) is 0 Å². The van der Waals surface area contributed by atoms with Gasteiger partial charge in [0.25, 0.3) is 0 Å². The fourth-order valence-electron chi connectivity index (χ4n) is 2.98. The van der Waals surface area contributed by atoms with Gasteiger partial charge in [-0.05, 0) is 37.5 Å². The van der Waals surface area contributed by atoms with Crippen molar-refractivity contribution in [3.05, 3.63) is 36.4 Å². The third-order valence-electron chi connectivity index (χ3n) is 5.68. The number of rotatable bonds is 4. The summed E-state index contributed by atoms with van der Waals surface area (Å²) in [6, 6.07) is 2.49. The number of hydrogen-bond acceptors (Lipinski definition) is 3. The summed E-state index contributed by atoms with van der Waals surface area (Å²) in [5.74, 6) is 0.490. The molecule has 0 radical (unpaired) electrons. The van der Waals surface area contributed by atoms with Gasteiger partial charge < -0.3 is 8.99 Å². The fourth-order valence-corrected chi connectivity index (χ4v) is 4.04. The normalized spacial score (nSPS) is 21.8. The Morgan fingerprint density at radius 3 is 2.71 bits per heavy atom. The van der Waals surface area contributed by atoms with E-state index in [0.29, 0.717) is 12.0 Å². The van der Waals surface area contributed by atoms with Crippen molar-refractivity contribution in [3.63, 3.8) is 0 Å². The highest BCUT2D eigenvalue weighted by atomic mass is 28.4. The Bertz CT molecular complexity index is 758. The minimum absolute atomic E-state index is 0.264. The molecule has 0 bridgehead atoms. The van der Waals surface area contributed by atoms with Crippen LogP contribution in [0.3, 0.4) is 0 Å². The average molecular weight is 344 g/mol. The lowest BCUT2D eigenvalue weighted by Gasteiger charge is -2.36. The van der Waals surface area contributed by atoms with Gasteiger partial charge in [-0.2, -0.15) is 0 Å². The van der Waals surface area contributed by atoms with Gasteiger partial charge in [0.15, 0.2) is 8.32 Å². The van der Waals surface area contributed by atoms with E-state index in [1.165, 1.54) is 0 Å². The maximum atomic E-state index is 6.40. The lowest BCUT2D eigenvalue weighted by molar-refractivity contribution is 0.244. The molecule has 3 rings (SSSR count). The minimum Gasteiger partial charge on any atom is -0.416 e. The number of allylic oxidation sites excluding steroid dienone is 1. The molecule has 2 aromatic rings. The van der Waals surface area contributed by atoms with Crippen LogP contribution in [0, 0.1) is 12.8 Å². The van der Waals surface area contributed by atoms with Gasteiger partial charge in [0.2, 0.25) is 0 Å². The fraction of sp³-hybridized carbons (Fsp3) is 0.579. The Balaban J connectivity index is 1.68. The lowest BCUT2D eigenvalue weighted by atomic mass is 10.1. The first kappa shape index (κ1) is 17.4. The second-order valence-electron chi connectivity index (χ2n) is 8.44. The summed E-state index contributed by atoms with van der Waals surface area (Å²) >= 11 is 0. The van der Waals surface area contributed by atoms with Crippen LogP contribution >= 0.6 is 0 Å². The predicted octanol–water partition coefficient (Wildman–Crippen LogP) is 4.88. The van der Waals surface area contributed by atoms with Gasteiger partial charge in [0, 0.05) is 24.1 Å². The van der Waals surface area contributed by atoms with Crippen LogP contribution in [0.25, 0.3) is 11.0 Å². The second kappa shape index (κ2) is 6.12. The number of aryl methyl sites for hydroxylation is 1. The van der Waals surface area contributed by atoms with Gasteiger partial charge in [-0.3, -0.25) is 0 Å². The van der Waals surface area contributed by atoms with Crippen molar-refractivity contribution in [2.45, 2.75) is 58.3 Å². The largest absolute Gasteiger partial charge is 0.416 e. The van der Waals surface area contributed by atoms with Crippen LogP contribution in [0.2, 0.25) is 18.1 Å². The first-order valence-corrected chi connectivity index (χ1v) is 11.7. The summed E-state index contributed by atoms with van der Waals surface area (Å²) < 4.78 is 8.67. The molecule has 0 fully saturated rings. The van der Waals surface area contributed by atoms with E-state index in [0.717, 1.165) is 29.8 Å². The van der Waals surface area contributed by atoms with E-state index in [-0.39, 0.29) is 5.04 Å². The van der Waals surface area contributed by atoms with Gasteiger partial charge in [-0.25, -0.2) is 9.97 Å². The second-order valence-corrected chi connectivity index (χ2v) is 13.2. The SMILES string of the molecule is Cc1ncnc2c1ccn2[C@H]1C=C[C@H](CO[Si](C)(C)C(C)(C)C)C1. The summed E-state index contributed by atoms with van der Waals surface area (Å²) in [6.45, 7) is 14.4. The van der Waals surface area contributed by atoms with Crippen LogP contribution in [0.15, 0.2) is 30.7 Å². The Labute approximate surface area is 146 Å². The molecule has 0 N–H and O–H groups in total. The summed E-state index contributed by atoms with van der Waals surface area (Å²) in [4.78, 5) is 8.77. The van der Waals surface area contributed by atoms with Gasteiger partial charge in [0.05, 0.1) is 11.7 Å². The molecule has 0 saturated heterocycles. The molecule has 2 aromatic heterocycles. The first-order valence-electron chi connectivity index (χ1n) is 8.79. The Morgan fingerprint density at radius 2 is 2.00 bits per heavy atom. The van der Waals surface area contributed by atoms with E-state index >= 15 is 0 Å². The monoisotopic (exact) mass is 343 g/mol. The number of aromatic nitrogens is 3. The zero-order valence-corrected chi connectivity index (χ0v) is 16.7. The smallest absolute Gasteiger partial charge is 0.192 e. The van der Waals surface area contributed by atoms with E-state index in [1.54, 1.807) is 6.33 Å². The van der Waals surface area contributed by atoms with Crippen LogP contribution in [-0.4, -0.2) is 29.5 Å². The molecule has 2 heterocycles. The highest BCUT2D eigenvalue weighted by molar-refractivity contribution is 6.74. The number of fused-ring (bicyclic) bond motifs is 1. The van der Waals surface area contributed by atoms with Crippen molar-refractivity contribution in [1.82, 2.24) is 14.5 Å². The van der Waals surface area contributed by atoms with E-state index < -0.39 is 8.32 Å². The molecule has 1 aliphatic rings. The van der Waals surface area contributed by atoms with Crippen molar-refractivity contribution >= 4 is 19.4 Å². The molecule has 5 heteroatoms. The summed E-state index contributed by atoms with van der Waals surface area (Å²) in [6.07, 6.45) is 9.50. The average Bonchev–Trinajstić information content (AvgIpc) is 3.10. The van der Waals surface area contributed by atoms with Gasteiger partial charge >= 0.3 is 0 Å². The maximum absolute atomic E-state index is 6.40. The molecule has 0 spiro atoms. The van der Waals surface area contributed by atoms with Crippen molar-refractivity contribution < 1.29 is 4.43 Å². The Morgan fingerprint density at radius 1 is 1.25 bits per heavy atom. The van der Waals surface area contributed by atoms with Crippen LogP contribution < -0.4 is 0 Å². The highest BCUT2D eigenvalue weighted by Gasteiger charge is 2.37. The molecule has 24 heavy (non-hydrogen) atoms. The molecule has 0 saturated carbocycles. The lowest BCUT2D eigenvalue weighted by Crippen LogP contribution is -2.41. The topological polar surface area (TPSA) is 39.9 Å². The van der Waals surface area contributed by atoms with Crippen molar-refractivity contribution in [1.29, 1.82) is 0 Å². The van der Waals surface area contributed by atoms with Crippen LogP contribution in [-0.2, 0) is 4.43 Å². The van der Waals surface area contributed by atoms with Crippen molar-refractivity contribution in [3.8, 4) is 0 Å². The zero-order chi connectivity index (χ0) is 17.5. The third kappa shape index (κ3) is 3.19. The van der Waals surface area contributed by atoms with E-state index in [9.17, 15) is 0 Å². The van der Waals surface area contributed by atoms with E-state index in [2.05, 4.69) is 72.8 Å². The molecule has 2 atom stereocenters. The molecule has 130 valence electrons. The van der Waals surface area contributed by atoms with Crippen LogP contribution in [0.5, 0.6) is 0 Å². The van der Waals surface area contributed by atoms with Crippen LogP contribution in [0.4, 0.5) is 0 Å². The van der Waals surface area contributed by atoms with Crippen molar-refractivity contribution in [2.75, 3.05) is 6.61 Å². The van der Waals surface area contributed by atoms with Gasteiger partial charge in [0.1, 0.15) is 12.0 Å². The molecular formula is C19H29N3OSi. The van der Waals surface area contributed by atoms with Crippen LogP contribution in [0.1, 0.15) is 38.9 Å². The van der Waals surface area contributed by atoms with Gasteiger partial charge in [-0.1, -0.05) is 32.9 Å². The highest BCUT2D eigenvalue weighted by Crippen LogP contribution is 2.38. The maximum Gasteiger partial charge on any atom is 0.192 e. The molecule has 0 aromatic carbocycles. The Hall–Kier alpha value is -1.46. The summed E-state index contributed by atoms with van der Waals surface area (Å²) in [5.41, 5.74) is 2.07. The molecular weight excluding hydrogens is 314 g/mol. The van der Waals surface area contributed by atoms with E-state index in [1.807, 2.05) is 6.92 Å². The molecule has 4 nitrogen and oxygen atoms in total. The molecule has 1 aliphatic carbocycles. The first-order chi connectivity index (χ1) is 11.2. The number of hydrogen-bond donors (Lipinski definition) is 0. The molecule has 0 aliphatic heterocycles. The minimum atomic E-state index is -1.67. The zero-order valence-electron chi connectivity index (χ0n) is 15.7. The quantitative estimate of drug-likeness (QED) is 0.587. The molecule has 0 unspecified atom stereocenters. The Kier molecular flexibility index (Phi) is 4.42. The number of nitrogens with zero attached hydrogens (tertiary/aromatic N) is 3. The molecule has 0 amide bonds. The van der Waals surface area contributed by atoms with E-state index in [4.69, 9.17) is 4.43 Å².